The summed E-state index contributed by atoms with van der Waals surface area (Å²) in [7, 11) is 0. The van der Waals surface area contributed by atoms with Crippen LogP contribution in [0.4, 0.5) is 5.69 Å². The van der Waals surface area contributed by atoms with Crippen molar-refractivity contribution >= 4 is 5.69 Å². The Morgan fingerprint density at radius 2 is 2.19 bits per heavy atom. The maximum atomic E-state index is 10.1. The Bertz CT molecular complexity index is 462. The molecule has 1 aromatic carbocycles. The van der Waals surface area contributed by atoms with Gasteiger partial charge in [0, 0.05) is 6.54 Å². The molecule has 4 nitrogen and oxygen atoms in total. The molecule has 1 aromatic rings. The Morgan fingerprint density at radius 3 is 2.81 bits per heavy atom. The van der Waals surface area contributed by atoms with Crippen molar-refractivity contribution < 1.29 is 9.84 Å². The van der Waals surface area contributed by atoms with E-state index in [-0.39, 0.29) is 6.10 Å². The first-order chi connectivity index (χ1) is 10.1. The lowest BCUT2D eigenvalue weighted by atomic mass is 10.0. The molecule has 118 valence electrons. The molecule has 0 fully saturated rings. The van der Waals surface area contributed by atoms with Crippen LogP contribution in [0.3, 0.4) is 0 Å². The molecule has 21 heavy (non-hydrogen) atoms. The molecule has 0 saturated carbocycles. The second-order valence-corrected chi connectivity index (χ2v) is 6.17. The molecule has 1 aliphatic heterocycles. The maximum Gasteiger partial charge on any atom is 0.143 e. The number of ether oxygens (including phenoxy) is 1. The van der Waals surface area contributed by atoms with Crippen LogP contribution in [0.15, 0.2) is 18.2 Å². The average molecular weight is 292 g/mol. The lowest BCUT2D eigenvalue weighted by Gasteiger charge is -2.38. The quantitative estimate of drug-likeness (QED) is 0.846. The Morgan fingerprint density at radius 1 is 1.43 bits per heavy atom. The fourth-order valence-electron chi connectivity index (χ4n) is 2.76. The molecule has 2 unspecified atom stereocenters. The fraction of sp³-hybridized carbons (Fsp3) is 0.647. The van der Waals surface area contributed by atoms with E-state index in [0.29, 0.717) is 18.9 Å². The largest absolute Gasteiger partial charge is 0.486 e. The van der Waals surface area contributed by atoms with Gasteiger partial charge in [-0.3, -0.25) is 0 Å². The van der Waals surface area contributed by atoms with E-state index in [0.717, 1.165) is 36.5 Å². The van der Waals surface area contributed by atoms with Crippen molar-refractivity contribution in [1.82, 2.24) is 0 Å². The van der Waals surface area contributed by atoms with Crippen LogP contribution in [-0.2, 0) is 0 Å². The Kier molecular flexibility index (Phi) is 5.48. The first-order valence-corrected chi connectivity index (χ1v) is 8.00. The number of hydrogen-bond acceptors (Lipinski definition) is 4. The van der Waals surface area contributed by atoms with E-state index in [1.165, 1.54) is 0 Å². The predicted octanol–water partition coefficient (Wildman–Crippen LogP) is 2.70. The first-order valence-electron chi connectivity index (χ1n) is 8.00. The molecule has 0 radical (unpaired) electrons. The summed E-state index contributed by atoms with van der Waals surface area (Å²) in [6, 6.07) is 6.00. The van der Waals surface area contributed by atoms with Crippen molar-refractivity contribution in [2.45, 2.75) is 45.8 Å². The normalized spacial score (nSPS) is 19.3. The molecule has 0 saturated heterocycles. The van der Waals surface area contributed by atoms with E-state index in [9.17, 15) is 5.11 Å². The van der Waals surface area contributed by atoms with E-state index in [1.807, 2.05) is 12.1 Å². The number of nitrogens with two attached hydrogens (primary N) is 1. The molecule has 0 aliphatic carbocycles. The third-order valence-corrected chi connectivity index (χ3v) is 4.06. The summed E-state index contributed by atoms with van der Waals surface area (Å²) in [6.45, 7) is 8.98. The van der Waals surface area contributed by atoms with Gasteiger partial charge in [-0.25, -0.2) is 0 Å². The monoisotopic (exact) mass is 292 g/mol. The Balaban J connectivity index is 2.29. The molecule has 3 N–H and O–H groups in total. The lowest BCUT2D eigenvalue weighted by molar-refractivity contribution is 0.144. The van der Waals surface area contributed by atoms with E-state index in [1.54, 1.807) is 0 Å². The first kappa shape index (κ1) is 16.1. The molecule has 2 rings (SSSR count). The van der Waals surface area contributed by atoms with Crippen molar-refractivity contribution in [3.8, 4) is 5.75 Å². The van der Waals surface area contributed by atoms with Crippen LogP contribution in [0.2, 0.25) is 0 Å². The van der Waals surface area contributed by atoms with Gasteiger partial charge in [0.05, 0.1) is 18.3 Å². The second-order valence-electron chi connectivity index (χ2n) is 6.17. The number of aliphatic hydroxyl groups excluding tert-OH is 1. The van der Waals surface area contributed by atoms with E-state index < -0.39 is 6.10 Å². The van der Waals surface area contributed by atoms with Gasteiger partial charge in [-0.15, -0.1) is 0 Å². The standard InChI is InChI=1S/C17H28N2O2/c1-4-9-19-11-17(12(2)3)21-16-6-5-13(10-14(16)19)15(20)7-8-18/h5-6,10,12,15,17,20H,4,7-9,11,18H2,1-3H3. The molecule has 0 spiro atoms. The summed E-state index contributed by atoms with van der Waals surface area (Å²) in [5.74, 6) is 1.41. The fourth-order valence-corrected chi connectivity index (χ4v) is 2.76. The van der Waals surface area contributed by atoms with Crippen molar-refractivity contribution in [3.63, 3.8) is 0 Å². The molecule has 1 aliphatic rings. The van der Waals surface area contributed by atoms with Gasteiger partial charge in [0.25, 0.3) is 0 Å². The van der Waals surface area contributed by atoms with Crippen LogP contribution in [0.1, 0.15) is 45.3 Å². The van der Waals surface area contributed by atoms with Crippen LogP contribution in [0.5, 0.6) is 5.75 Å². The summed E-state index contributed by atoms with van der Waals surface area (Å²) >= 11 is 0. The third kappa shape index (κ3) is 3.69. The number of anilines is 1. The van der Waals surface area contributed by atoms with Gasteiger partial charge in [0.2, 0.25) is 0 Å². The molecular formula is C17H28N2O2. The highest BCUT2D eigenvalue weighted by atomic mass is 16.5. The Labute approximate surface area is 127 Å². The smallest absolute Gasteiger partial charge is 0.143 e. The lowest BCUT2D eigenvalue weighted by Crippen LogP contribution is -2.43. The van der Waals surface area contributed by atoms with Crippen LogP contribution in [0, 0.1) is 5.92 Å². The minimum absolute atomic E-state index is 0.226. The number of aliphatic hydroxyl groups is 1. The topological polar surface area (TPSA) is 58.7 Å². The number of hydrogen-bond donors (Lipinski definition) is 2. The SMILES string of the molecule is CCCN1CC(C(C)C)Oc2ccc(C(O)CCN)cc21. The summed E-state index contributed by atoms with van der Waals surface area (Å²) < 4.78 is 6.12. The second kappa shape index (κ2) is 7.14. The van der Waals surface area contributed by atoms with Crippen molar-refractivity contribution in [2.24, 2.45) is 11.7 Å². The summed E-state index contributed by atoms with van der Waals surface area (Å²) in [6.07, 6.45) is 1.41. The van der Waals surface area contributed by atoms with Gasteiger partial charge in [0.1, 0.15) is 11.9 Å². The maximum absolute atomic E-state index is 10.1. The molecule has 4 heteroatoms. The van der Waals surface area contributed by atoms with Crippen LogP contribution >= 0.6 is 0 Å². The van der Waals surface area contributed by atoms with Crippen LogP contribution < -0.4 is 15.4 Å². The van der Waals surface area contributed by atoms with Gasteiger partial charge in [0.15, 0.2) is 0 Å². The predicted molar refractivity (Wildman–Crippen MR) is 86.8 cm³/mol. The van der Waals surface area contributed by atoms with Crippen molar-refractivity contribution in [1.29, 1.82) is 0 Å². The molecule has 1 heterocycles. The van der Waals surface area contributed by atoms with E-state index in [4.69, 9.17) is 10.5 Å². The Hall–Kier alpha value is -1.26. The molecule has 0 bridgehead atoms. The van der Waals surface area contributed by atoms with Crippen LogP contribution in [-0.4, -0.2) is 30.8 Å². The zero-order valence-electron chi connectivity index (χ0n) is 13.4. The highest BCUT2D eigenvalue weighted by molar-refractivity contribution is 5.62. The number of rotatable bonds is 6. The number of benzene rings is 1. The zero-order valence-corrected chi connectivity index (χ0v) is 13.4. The van der Waals surface area contributed by atoms with Gasteiger partial charge in [-0.1, -0.05) is 26.8 Å². The van der Waals surface area contributed by atoms with Crippen molar-refractivity contribution in [2.75, 3.05) is 24.5 Å². The van der Waals surface area contributed by atoms with E-state index in [2.05, 4.69) is 31.7 Å². The zero-order chi connectivity index (χ0) is 15.4. The molecular weight excluding hydrogens is 264 g/mol. The summed E-state index contributed by atoms with van der Waals surface area (Å²) in [4.78, 5) is 2.38. The number of fused-ring (bicyclic) bond motifs is 1. The third-order valence-electron chi connectivity index (χ3n) is 4.06. The van der Waals surface area contributed by atoms with Gasteiger partial charge >= 0.3 is 0 Å². The highest BCUT2D eigenvalue weighted by Crippen LogP contribution is 2.37. The summed E-state index contributed by atoms with van der Waals surface area (Å²) in [5.41, 5.74) is 7.56. The van der Waals surface area contributed by atoms with Gasteiger partial charge in [-0.2, -0.15) is 0 Å². The van der Waals surface area contributed by atoms with Crippen LogP contribution in [0.25, 0.3) is 0 Å². The molecule has 0 aromatic heterocycles. The minimum Gasteiger partial charge on any atom is -0.486 e. The number of nitrogens with zero attached hydrogens (tertiary/aromatic N) is 1. The highest BCUT2D eigenvalue weighted by Gasteiger charge is 2.28. The van der Waals surface area contributed by atoms with Crippen molar-refractivity contribution in [3.05, 3.63) is 23.8 Å². The summed E-state index contributed by atoms with van der Waals surface area (Å²) in [5, 5.41) is 10.1. The molecule has 0 amide bonds. The molecule has 2 atom stereocenters. The van der Waals surface area contributed by atoms with Gasteiger partial charge in [-0.05, 0) is 43.0 Å². The average Bonchev–Trinajstić information content (AvgIpc) is 2.47. The van der Waals surface area contributed by atoms with E-state index >= 15 is 0 Å². The van der Waals surface area contributed by atoms with Gasteiger partial charge < -0.3 is 20.5 Å². The minimum atomic E-state index is -0.494.